The highest BCUT2D eigenvalue weighted by atomic mass is 16.4. The molecule has 0 spiro atoms. The van der Waals surface area contributed by atoms with Crippen molar-refractivity contribution in [2.45, 2.75) is 33.6 Å². The van der Waals surface area contributed by atoms with Gasteiger partial charge >= 0.3 is 5.97 Å². The molecule has 0 aliphatic rings. The lowest BCUT2D eigenvalue weighted by Crippen LogP contribution is -2.20. The van der Waals surface area contributed by atoms with Gasteiger partial charge in [-0.2, -0.15) is 0 Å². The van der Waals surface area contributed by atoms with E-state index in [0.717, 1.165) is 12.1 Å². The molecular weight excluding hydrogens is 206 g/mol. The fraction of sp³-hybridized carbons (Fsp3) is 0.500. The first-order chi connectivity index (χ1) is 7.28. The quantitative estimate of drug-likeness (QED) is 0.817. The van der Waals surface area contributed by atoms with Crippen LogP contribution >= 0.6 is 0 Å². The number of aliphatic carboxylic acids is 1. The van der Waals surface area contributed by atoms with Crippen LogP contribution < -0.4 is 5.56 Å². The summed E-state index contributed by atoms with van der Waals surface area (Å²) in [5.74, 6) is -0.992. The van der Waals surface area contributed by atoms with E-state index in [-0.39, 0.29) is 17.4 Å². The van der Waals surface area contributed by atoms with Crippen molar-refractivity contribution in [2.24, 2.45) is 5.41 Å². The van der Waals surface area contributed by atoms with Crippen molar-refractivity contribution in [3.63, 3.8) is 0 Å². The standard InChI is InChI=1S/C12H17NO3/c1-12(2,3)7-9-5-4-8(6-10(14)15)11(16)13-9/h4-5H,6-7H2,1-3H3,(H,13,16)(H,14,15). The predicted molar refractivity (Wildman–Crippen MR) is 61.6 cm³/mol. The van der Waals surface area contributed by atoms with E-state index in [1.165, 1.54) is 0 Å². The lowest BCUT2D eigenvalue weighted by Gasteiger charge is -2.17. The van der Waals surface area contributed by atoms with Crippen LogP contribution in [0.4, 0.5) is 0 Å². The summed E-state index contributed by atoms with van der Waals surface area (Å²) in [5, 5.41) is 8.59. The molecule has 0 aromatic carbocycles. The zero-order chi connectivity index (χ0) is 12.3. The van der Waals surface area contributed by atoms with E-state index in [4.69, 9.17) is 5.11 Å². The molecule has 0 atom stereocenters. The van der Waals surface area contributed by atoms with Gasteiger partial charge < -0.3 is 10.1 Å². The second-order valence-electron chi connectivity index (χ2n) is 5.15. The summed E-state index contributed by atoms with van der Waals surface area (Å²) < 4.78 is 0. The molecule has 0 aliphatic heterocycles. The smallest absolute Gasteiger partial charge is 0.308 e. The number of hydrogen-bond acceptors (Lipinski definition) is 2. The number of carboxylic acids is 1. The van der Waals surface area contributed by atoms with Gasteiger partial charge in [-0.05, 0) is 17.9 Å². The van der Waals surface area contributed by atoms with Gasteiger partial charge in [0.25, 0.3) is 5.56 Å². The molecular formula is C12H17NO3. The molecule has 1 rings (SSSR count). The van der Waals surface area contributed by atoms with Gasteiger partial charge in [-0.1, -0.05) is 26.8 Å². The van der Waals surface area contributed by atoms with Gasteiger partial charge in [0.1, 0.15) is 0 Å². The number of H-pyrrole nitrogens is 1. The Balaban J connectivity index is 2.91. The van der Waals surface area contributed by atoms with E-state index in [0.29, 0.717) is 5.56 Å². The zero-order valence-electron chi connectivity index (χ0n) is 9.83. The lowest BCUT2D eigenvalue weighted by molar-refractivity contribution is -0.136. The van der Waals surface area contributed by atoms with Crippen molar-refractivity contribution < 1.29 is 9.90 Å². The zero-order valence-corrected chi connectivity index (χ0v) is 9.83. The van der Waals surface area contributed by atoms with Crippen molar-refractivity contribution in [1.29, 1.82) is 0 Å². The van der Waals surface area contributed by atoms with Gasteiger partial charge in [-0.3, -0.25) is 9.59 Å². The number of carboxylic acid groups (broad SMARTS) is 1. The summed E-state index contributed by atoms with van der Waals surface area (Å²) in [6.45, 7) is 6.24. The van der Waals surface area contributed by atoms with E-state index in [1.54, 1.807) is 12.1 Å². The summed E-state index contributed by atoms with van der Waals surface area (Å²) in [6, 6.07) is 3.37. The Morgan fingerprint density at radius 1 is 1.38 bits per heavy atom. The summed E-state index contributed by atoms with van der Waals surface area (Å²) in [4.78, 5) is 24.7. The minimum atomic E-state index is -0.992. The molecule has 88 valence electrons. The van der Waals surface area contributed by atoms with Crippen molar-refractivity contribution in [3.05, 3.63) is 33.7 Å². The van der Waals surface area contributed by atoms with Crippen molar-refractivity contribution in [2.75, 3.05) is 0 Å². The normalized spacial score (nSPS) is 11.4. The minimum absolute atomic E-state index is 0.0945. The molecule has 0 bridgehead atoms. The highest BCUT2D eigenvalue weighted by Crippen LogP contribution is 2.18. The van der Waals surface area contributed by atoms with Gasteiger partial charge in [0.2, 0.25) is 0 Å². The van der Waals surface area contributed by atoms with Crippen LogP contribution in [-0.2, 0) is 17.6 Å². The van der Waals surface area contributed by atoms with Crippen LogP contribution in [0.3, 0.4) is 0 Å². The molecule has 4 nitrogen and oxygen atoms in total. The molecule has 1 aromatic rings. The Hall–Kier alpha value is -1.58. The molecule has 0 fully saturated rings. The molecule has 1 aromatic heterocycles. The van der Waals surface area contributed by atoms with Gasteiger partial charge in [-0.25, -0.2) is 0 Å². The Labute approximate surface area is 94.3 Å². The number of hydrogen-bond donors (Lipinski definition) is 2. The van der Waals surface area contributed by atoms with Crippen LogP contribution in [0.1, 0.15) is 32.0 Å². The van der Waals surface area contributed by atoms with E-state index >= 15 is 0 Å². The third-order valence-electron chi connectivity index (χ3n) is 2.11. The average molecular weight is 223 g/mol. The van der Waals surface area contributed by atoms with E-state index in [1.807, 2.05) is 0 Å². The van der Waals surface area contributed by atoms with Gasteiger partial charge in [-0.15, -0.1) is 0 Å². The van der Waals surface area contributed by atoms with Gasteiger partial charge in [0.15, 0.2) is 0 Å². The molecule has 0 saturated heterocycles. The molecule has 4 heteroatoms. The largest absolute Gasteiger partial charge is 0.481 e. The predicted octanol–water partition coefficient (Wildman–Crippen LogP) is 1.59. The first kappa shape index (κ1) is 12.5. The summed E-state index contributed by atoms with van der Waals surface area (Å²) in [6.07, 6.45) is 0.528. The van der Waals surface area contributed by atoms with Crippen LogP contribution in [-0.4, -0.2) is 16.1 Å². The molecule has 1 heterocycles. The summed E-state index contributed by atoms with van der Waals surface area (Å²) in [7, 11) is 0. The molecule has 0 aliphatic carbocycles. The molecule has 0 unspecified atom stereocenters. The second-order valence-corrected chi connectivity index (χ2v) is 5.15. The van der Waals surface area contributed by atoms with Crippen LogP contribution in [0, 0.1) is 5.41 Å². The maximum absolute atomic E-state index is 11.5. The Kier molecular flexibility index (Phi) is 3.52. The van der Waals surface area contributed by atoms with Crippen LogP contribution in [0.5, 0.6) is 0 Å². The Morgan fingerprint density at radius 2 is 2.00 bits per heavy atom. The van der Waals surface area contributed by atoms with Gasteiger partial charge in [0, 0.05) is 11.3 Å². The molecule has 0 amide bonds. The van der Waals surface area contributed by atoms with E-state index in [9.17, 15) is 9.59 Å². The van der Waals surface area contributed by atoms with E-state index in [2.05, 4.69) is 25.8 Å². The Morgan fingerprint density at radius 3 is 2.44 bits per heavy atom. The van der Waals surface area contributed by atoms with Crippen LogP contribution in [0.25, 0.3) is 0 Å². The molecule has 0 radical (unpaired) electrons. The minimum Gasteiger partial charge on any atom is -0.481 e. The molecule has 2 N–H and O–H groups in total. The lowest BCUT2D eigenvalue weighted by atomic mass is 9.90. The summed E-state index contributed by atoms with van der Waals surface area (Å²) >= 11 is 0. The molecule has 16 heavy (non-hydrogen) atoms. The van der Waals surface area contributed by atoms with E-state index < -0.39 is 5.97 Å². The van der Waals surface area contributed by atoms with Crippen molar-refractivity contribution >= 4 is 5.97 Å². The Bertz CT molecular complexity index is 440. The topological polar surface area (TPSA) is 70.2 Å². The third-order valence-corrected chi connectivity index (χ3v) is 2.11. The fourth-order valence-electron chi connectivity index (χ4n) is 1.52. The van der Waals surface area contributed by atoms with Crippen LogP contribution in [0.15, 0.2) is 16.9 Å². The SMILES string of the molecule is CC(C)(C)Cc1ccc(CC(=O)O)c(=O)[nH]1. The monoisotopic (exact) mass is 223 g/mol. The second kappa shape index (κ2) is 4.51. The number of nitrogens with one attached hydrogen (secondary N) is 1. The summed E-state index contributed by atoms with van der Waals surface area (Å²) in [5.41, 5.74) is 0.929. The first-order valence-electron chi connectivity index (χ1n) is 5.21. The number of pyridine rings is 1. The first-order valence-corrected chi connectivity index (χ1v) is 5.21. The molecule has 0 saturated carbocycles. The van der Waals surface area contributed by atoms with Crippen molar-refractivity contribution in [3.8, 4) is 0 Å². The van der Waals surface area contributed by atoms with Crippen LogP contribution in [0.2, 0.25) is 0 Å². The highest BCUT2D eigenvalue weighted by Gasteiger charge is 2.13. The number of carbonyl (C=O) groups is 1. The maximum Gasteiger partial charge on any atom is 0.308 e. The fourth-order valence-corrected chi connectivity index (χ4v) is 1.52. The third kappa shape index (κ3) is 3.88. The maximum atomic E-state index is 11.5. The highest BCUT2D eigenvalue weighted by molar-refractivity contribution is 5.69. The van der Waals surface area contributed by atoms with Crippen molar-refractivity contribution in [1.82, 2.24) is 4.98 Å². The number of aromatic amines is 1. The average Bonchev–Trinajstić information content (AvgIpc) is 2.06. The number of aromatic nitrogens is 1. The van der Waals surface area contributed by atoms with Gasteiger partial charge in [0.05, 0.1) is 6.42 Å². The number of rotatable bonds is 3.